The number of piperazine rings is 1. The molecule has 0 unspecified atom stereocenters. The highest BCUT2D eigenvalue weighted by Crippen LogP contribution is 2.21. The molecule has 0 atom stereocenters. The lowest BCUT2D eigenvalue weighted by Gasteiger charge is -2.35. The summed E-state index contributed by atoms with van der Waals surface area (Å²) in [6.07, 6.45) is 1.34. The summed E-state index contributed by atoms with van der Waals surface area (Å²) in [7, 11) is 0. The molecule has 26 heavy (non-hydrogen) atoms. The fourth-order valence-corrected chi connectivity index (χ4v) is 3.54. The van der Waals surface area contributed by atoms with Crippen LogP contribution in [0.5, 0.6) is 0 Å². The summed E-state index contributed by atoms with van der Waals surface area (Å²) in [5, 5.41) is 11.9. The van der Waals surface area contributed by atoms with Gasteiger partial charge in [-0.3, -0.25) is 9.59 Å². The summed E-state index contributed by atoms with van der Waals surface area (Å²) in [5.41, 5.74) is 0.905. The molecule has 2 amide bonds. The molecule has 2 aromatic rings. The van der Waals surface area contributed by atoms with Crippen LogP contribution < -0.4 is 0 Å². The zero-order valence-corrected chi connectivity index (χ0v) is 16.0. The second kappa shape index (κ2) is 8.44. The predicted molar refractivity (Wildman–Crippen MR) is 98.5 cm³/mol. The smallest absolute Gasteiger partial charge is 0.248 e. The summed E-state index contributed by atoms with van der Waals surface area (Å²) in [6.45, 7) is 6.48. The number of thiophene rings is 1. The van der Waals surface area contributed by atoms with Crippen molar-refractivity contribution in [3.8, 4) is 11.5 Å². The highest BCUT2D eigenvalue weighted by molar-refractivity contribution is 7.08. The van der Waals surface area contributed by atoms with E-state index in [4.69, 9.17) is 4.42 Å². The lowest BCUT2D eigenvalue weighted by Crippen LogP contribution is -2.50. The van der Waals surface area contributed by atoms with Gasteiger partial charge in [-0.05, 0) is 17.4 Å². The quantitative estimate of drug-likeness (QED) is 0.774. The largest absolute Gasteiger partial charge is 0.421 e. The first-order valence-corrected chi connectivity index (χ1v) is 9.87. The minimum Gasteiger partial charge on any atom is -0.421 e. The summed E-state index contributed by atoms with van der Waals surface area (Å²) >= 11 is 1.57. The molecular weight excluding hydrogens is 352 g/mol. The van der Waals surface area contributed by atoms with Crippen molar-refractivity contribution in [2.75, 3.05) is 26.2 Å². The number of nitrogens with zero attached hydrogens (tertiary/aromatic N) is 4. The Morgan fingerprint density at radius 2 is 1.85 bits per heavy atom. The van der Waals surface area contributed by atoms with Crippen molar-refractivity contribution in [3.05, 3.63) is 22.7 Å². The maximum atomic E-state index is 12.4. The van der Waals surface area contributed by atoms with Crippen molar-refractivity contribution < 1.29 is 14.0 Å². The molecule has 3 rings (SSSR count). The van der Waals surface area contributed by atoms with Crippen LogP contribution in [0.2, 0.25) is 0 Å². The average molecular weight is 376 g/mol. The Bertz CT molecular complexity index is 733. The molecule has 1 aliphatic heterocycles. The van der Waals surface area contributed by atoms with E-state index in [-0.39, 0.29) is 11.8 Å². The summed E-state index contributed by atoms with van der Waals surface area (Å²) in [6, 6.07) is 1.92. The molecule has 8 heteroatoms. The van der Waals surface area contributed by atoms with E-state index in [0.717, 1.165) is 5.56 Å². The predicted octanol–water partition coefficient (Wildman–Crippen LogP) is 2.45. The van der Waals surface area contributed by atoms with E-state index in [1.807, 2.05) is 40.5 Å². The van der Waals surface area contributed by atoms with E-state index in [2.05, 4.69) is 10.2 Å². The van der Waals surface area contributed by atoms with Crippen molar-refractivity contribution in [1.82, 2.24) is 20.0 Å². The topological polar surface area (TPSA) is 79.5 Å². The Morgan fingerprint density at radius 1 is 1.15 bits per heavy atom. The van der Waals surface area contributed by atoms with Crippen LogP contribution in [0.25, 0.3) is 11.5 Å². The Balaban J connectivity index is 1.44. The van der Waals surface area contributed by atoms with Crippen LogP contribution in [0.1, 0.15) is 32.6 Å². The molecule has 1 aliphatic rings. The summed E-state index contributed by atoms with van der Waals surface area (Å²) in [4.78, 5) is 28.2. The molecule has 1 fully saturated rings. The number of aryl methyl sites for hydroxylation is 1. The van der Waals surface area contributed by atoms with Gasteiger partial charge < -0.3 is 14.2 Å². The van der Waals surface area contributed by atoms with Gasteiger partial charge in [0.2, 0.25) is 23.6 Å². The van der Waals surface area contributed by atoms with Gasteiger partial charge in [0.25, 0.3) is 0 Å². The third-order valence-electron chi connectivity index (χ3n) is 4.36. The highest BCUT2D eigenvalue weighted by atomic mass is 32.1. The minimum absolute atomic E-state index is 0.0660. The van der Waals surface area contributed by atoms with Gasteiger partial charge in [0.15, 0.2) is 0 Å². The molecule has 7 nitrogen and oxygen atoms in total. The van der Waals surface area contributed by atoms with Gasteiger partial charge in [-0.15, -0.1) is 10.2 Å². The monoisotopic (exact) mass is 376 g/mol. The normalized spacial score (nSPS) is 14.9. The average Bonchev–Trinajstić information content (AvgIpc) is 3.30. The van der Waals surface area contributed by atoms with E-state index >= 15 is 0 Å². The van der Waals surface area contributed by atoms with Gasteiger partial charge in [0, 0.05) is 56.4 Å². The third kappa shape index (κ3) is 4.69. The van der Waals surface area contributed by atoms with Crippen molar-refractivity contribution >= 4 is 23.2 Å². The zero-order chi connectivity index (χ0) is 18.5. The van der Waals surface area contributed by atoms with Gasteiger partial charge >= 0.3 is 0 Å². The lowest BCUT2D eigenvalue weighted by atomic mass is 10.1. The van der Waals surface area contributed by atoms with Crippen LogP contribution in [0.15, 0.2) is 21.2 Å². The molecular formula is C18H24N4O3S. The second-order valence-electron chi connectivity index (χ2n) is 6.87. The maximum absolute atomic E-state index is 12.4. The van der Waals surface area contributed by atoms with Crippen molar-refractivity contribution in [3.63, 3.8) is 0 Å². The van der Waals surface area contributed by atoms with Crippen LogP contribution in [0, 0.1) is 5.92 Å². The van der Waals surface area contributed by atoms with E-state index in [9.17, 15) is 9.59 Å². The molecule has 0 saturated carbocycles. The summed E-state index contributed by atoms with van der Waals surface area (Å²) in [5.74, 6) is 1.57. The van der Waals surface area contributed by atoms with Crippen molar-refractivity contribution in [1.29, 1.82) is 0 Å². The van der Waals surface area contributed by atoms with Crippen LogP contribution in [0.4, 0.5) is 0 Å². The number of aromatic nitrogens is 2. The number of hydrogen-bond donors (Lipinski definition) is 0. The Morgan fingerprint density at radius 3 is 2.46 bits per heavy atom. The molecule has 0 radical (unpaired) electrons. The zero-order valence-electron chi connectivity index (χ0n) is 15.2. The lowest BCUT2D eigenvalue weighted by molar-refractivity contribution is -0.140. The van der Waals surface area contributed by atoms with E-state index < -0.39 is 0 Å². The van der Waals surface area contributed by atoms with Gasteiger partial charge in [-0.1, -0.05) is 13.8 Å². The minimum atomic E-state index is 0.0660. The second-order valence-corrected chi connectivity index (χ2v) is 7.65. The van der Waals surface area contributed by atoms with E-state index in [0.29, 0.717) is 63.1 Å². The molecule has 140 valence electrons. The molecule has 1 saturated heterocycles. The molecule has 0 spiro atoms. The first-order chi connectivity index (χ1) is 12.5. The molecule has 0 N–H and O–H groups in total. The molecule has 3 heterocycles. The Labute approximate surface area is 157 Å². The summed E-state index contributed by atoms with van der Waals surface area (Å²) < 4.78 is 5.61. The van der Waals surface area contributed by atoms with Crippen LogP contribution in [-0.4, -0.2) is 58.0 Å². The third-order valence-corrected chi connectivity index (χ3v) is 5.04. The molecule has 0 aliphatic carbocycles. The highest BCUT2D eigenvalue weighted by Gasteiger charge is 2.24. The standard InChI is InChI=1S/C18H24N4O3S/c1-13(2)11-17(24)22-8-6-21(7-9-22)16(23)4-3-15-19-20-18(25-15)14-5-10-26-12-14/h5,10,12-13H,3-4,6-9,11H2,1-2H3. The first kappa shape index (κ1) is 18.6. The van der Waals surface area contributed by atoms with Crippen LogP contribution in [0.3, 0.4) is 0 Å². The number of amides is 2. The fraction of sp³-hybridized carbons (Fsp3) is 0.556. The Kier molecular flexibility index (Phi) is 6.03. The van der Waals surface area contributed by atoms with Gasteiger partial charge in [0.05, 0.1) is 0 Å². The molecule has 2 aromatic heterocycles. The van der Waals surface area contributed by atoms with Gasteiger partial charge in [-0.25, -0.2) is 0 Å². The molecule has 0 aromatic carbocycles. The fourth-order valence-electron chi connectivity index (χ4n) is 2.91. The van der Waals surface area contributed by atoms with Gasteiger partial charge in [0.1, 0.15) is 0 Å². The number of rotatable bonds is 6. The van der Waals surface area contributed by atoms with Crippen LogP contribution >= 0.6 is 11.3 Å². The van der Waals surface area contributed by atoms with E-state index in [1.165, 1.54) is 0 Å². The van der Waals surface area contributed by atoms with Crippen molar-refractivity contribution in [2.45, 2.75) is 33.1 Å². The maximum Gasteiger partial charge on any atom is 0.248 e. The first-order valence-electron chi connectivity index (χ1n) is 8.93. The molecule has 0 bridgehead atoms. The number of hydrogen-bond acceptors (Lipinski definition) is 6. The van der Waals surface area contributed by atoms with E-state index in [1.54, 1.807) is 11.3 Å². The SMILES string of the molecule is CC(C)CC(=O)N1CCN(C(=O)CCc2nnc(-c3ccsc3)o2)CC1. The van der Waals surface area contributed by atoms with Gasteiger partial charge in [-0.2, -0.15) is 11.3 Å². The number of carbonyl (C=O) groups excluding carboxylic acids is 2. The Hall–Kier alpha value is -2.22. The van der Waals surface area contributed by atoms with Crippen LogP contribution in [-0.2, 0) is 16.0 Å². The number of carbonyl (C=O) groups is 2. The van der Waals surface area contributed by atoms with Crippen molar-refractivity contribution in [2.24, 2.45) is 5.92 Å².